The second-order valence-corrected chi connectivity index (χ2v) is 8.39. The fraction of sp³-hybridized carbons (Fsp3) is 0.0417. The number of carbonyl (C=O) groups is 1. The highest BCUT2D eigenvalue weighted by molar-refractivity contribution is 7.07. The molecule has 174 valence electrons. The monoisotopic (exact) mass is 491 g/mol. The molecule has 0 bridgehead atoms. The quantitative estimate of drug-likeness (QED) is 0.301. The highest BCUT2D eigenvalue weighted by atomic mass is 32.1. The normalized spacial score (nSPS) is 14.6. The average Bonchev–Trinajstić information content (AvgIpc) is 3.35. The van der Waals surface area contributed by atoms with Crippen LogP contribution < -0.4 is 9.70 Å². The van der Waals surface area contributed by atoms with Crippen LogP contribution in [-0.4, -0.2) is 28.3 Å². The van der Waals surface area contributed by atoms with E-state index in [0.717, 1.165) is 23.5 Å². The van der Waals surface area contributed by atoms with E-state index in [1.54, 1.807) is 42.8 Å². The van der Waals surface area contributed by atoms with Crippen LogP contribution >= 0.6 is 11.3 Å². The summed E-state index contributed by atoms with van der Waals surface area (Å²) in [4.78, 5) is 29.6. The SMILES string of the molecule is CN1C(=O)C(=Nn2c(-c3ccc([N+](=O)[O-])cc3)csc2=Nc2ccc(F)cc2F)c2ccccc21. The Labute approximate surface area is 200 Å². The molecular formula is C24H15F2N5O3S. The van der Waals surface area contributed by atoms with Gasteiger partial charge in [-0.3, -0.25) is 14.9 Å². The number of likely N-dealkylation sites (N-methyl/N-ethyl adjacent to an activating group) is 1. The van der Waals surface area contributed by atoms with Crippen molar-refractivity contribution in [2.24, 2.45) is 10.1 Å². The summed E-state index contributed by atoms with van der Waals surface area (Å²) in [6, 6.07) is 16.0. The third-order valence-electron chi connectivity index (χ3n) is 5.41. The van der Waals surface area contributed by atoms with E-state index in [1.165, 1.54) is 27.8 Å². The molecule has 3 aromatic carbocycles. The molecule has 0 aliphatic carbocycles. The second kappa shape index (κ2) is 8.69. The summed E-state index contributed by atoms with van der Waals surface area (Å²) >= 11 is 1.13. The van der Waals surface area contributed by atoms with Crippen LogP contribution in [0.3, 0.4) is 0 Å². The zero-order valence-electron chi connectivity index (χ0n) is 18.1. The number of para-hydroxylation sites is 1. The number of benzene rings is 3. The van der Waals surface area contributed by atoms with Crippen molar-refractivity contribution in [1.82, 2.24) is 4.68 Å². The number of nitrogens with zero attached hydrogens (tertiary/aromatic N) is 5. The Morgan fingerprint density at radius 2 is 1.77 bits per heavy atom. The lowest BCUT2D eigenvalue weighted by atomic mass is 10.1. The number of rotatable bonds is 4. The van der Waals surface area contributed by atoms with Crippen LogP contribution in [0.15, 0.2) is 82.2 Å². The van der Waals surface area contributed by atoms with Crippen molar-refractivity contribution in [3.05, 3.63) is 104 Å². The Bertz CT molecular complexity index is 1590. The molecule has 0 unspecified atom stereocenters. The summed E-state index contributed by atoms with van der Waals surface area (Å²) in [6.07, 6.45) is 0. The van der Waals surface area contributed by atoms with Crippen molar-refractivity contribution in [1.29, 1.82) is 0 Å². The molecule has 0 radical (unpaired) electrons. The Balaban J connectivity index is 1.73. The van der Waals surface area contributed by atoms with Crippen LogP contribution in [0, 0.1) is 21.7 Å². The molecule has 1 aliphatic heterocycles. The molecule has 1 aliphatic rings. The second-order valence-electron chi connectivity index (χ2n) is 7.56. The maximum atomic E-state index is 14.3. The summed E-state index contributed by atoms with van der Waals surface area (Å²) in [5.74, 6) is -1.92. The molecule has 8 nitrogen and oxygen atoms in total. The molecule has 0 saturated heterocycles. The van der Waals surface area contributed by atoms with E-state index in [0.29, 0.717) is 22.5 Å². The predicted octanol–water partition coefficient (Wildman–Crippen LogP) is 4.86. The van der Waals surface area contributed by atoms with Gasteiger partial charge in [-0.05, 0) is 30.3 Å². The summed E-state index contributed by atoms with van der Waals surface area (Å²) in [5, 5.41) is 17.3. The number of aromatic nitrogens is 1. The van der Waals surface area contributed by atoms with Crippen LogP contribution in [0.5, 0.6) is 0 Å². The fourth-order valence-corrected chi connectivity index (χ4v) is 4.49. The Hall–Kier alpha value is -4.51. The van der Waals surface area contributed by atoms with Crippen LogP contribution in [-0.2, 0) is 4.79 Å². The molecule has 0 spiro atoms. The molecule has 11 heteroatoms. The van der Waals surface area contributed by atoms with Crippen molar-refractivity contribution in [2.45, 2.75) is 0 Å². The first kappa shape index (κ1) is 22.3. The van der Waals surface area contributed by atoms with Gasteiger partial charge in [0.25, 0.3) is 11.6 Å². The molecule has 4 aromatic rings. The number of anilines is 1. The first-order valence-electron chi connectivity index (χ1n) is 10.2. The zero-order chi connectivity index (χ0) is 24.7. The maximum Gasteiger partial charge on any atom is 0.279 e. The van der Waals surface area contributed by atoms with E-state index in [1.807, 2.05) is 6.07 Å². The summed E-state index contributed by atoms with van der Waals surface area (Å²) < 4.78 is 29.1. The number of hydrogen-bond acceptors (Lipinski definition) is 6. The van der Waals surface area contributed by atoms with Gasteiger partial charge >= 0.3 is 0 Å². The van der Waals surface area contributed by atoms with Crippen molar-refractivity contribution in [2.75, 3.05) is 11.9 Å². The van der Waals surface area contributed by atoms with Crippen LogP contribution in [0.4, 0.5) is 25.8 Å². The lowest BCUT2D eigenvalue weighted by molar-refractivity contribution is -0.384. The topological polar surface area (TPSA) is 93.1 Å². The zero-order valence-corrected chi connectivity index (χ0v) is 18.9. The standard InChI is InChI=1S/C24H15F2N5O3S/c1-29-20-5-3-2-4-17(20)22(23(29)32)28-30-21(14-6-9-16(10-7-14)31(33)34)13-35-24(30)27-19-11-8-15(25)12-18(19)26/h2-13H,1H3. The third kappa shape index (κ3) is 4.02. The van der Waals surface area contributed by atoms with Crippen molar-refractivity contribution >= 4 is 40.0 Å². The van der Waals surface area contributed by atoms with Gasteiger partial charge in [0.05, 0.1) is 16.3 Å². The summed E-state index contributed by atoms with van der Waals surface area (Å²) in [7, 11) is 1.64. The first-order valence-corrected chi connectivity index (χ1v) is 11.1. The molecular weight excluding hydrogens is 476 g/mol. The molecule has 1 aromatic heterocycles. The lowest BCUT2D eigenvalue weighted by Gasteiger charge is -2.08. The number of fused-ring (bicyclic) bond motifs is 1. The number of thiazole rings is 1. The molecule has 5 rings (SSSR count). The Morgan fingerprint density at radius 1 is 1.03 bits per heavy atom. The lowest BCUT2D eigenvalue weighted by Crippen LogP contribution is -2.27. The van der Waals surface area contributed by atoms with Gasteiger partial charge < -0.3 is 4.90 Å². The summed E-state index contributed by atoms with van der Waals surface area (Å²) in [6.45, 7) is 0. The van der Waals surface area contributed by atoms with Crippen LogP contribution in [0.2, 0.25) is 0 Å². The molecule has 35 heavy (non-hydrogen) atoms. The highest BCUT2D eigenvalue weighted by Crippen LogP contribution is 2.29. The van der Waals surface area contributed by atoms with E-state index in [-0.39, 0.29) is 27.8 Å². The smallest absolute Gasteiger partial charge is 0.279 e. The van der Waals surface area contributed by atoms with Gasteiger partial charge in [0.1, 0.15) is 11.5 Å². The molecule has 0 N–H and O–H groups in total. The van der Waals surface area contributed by atoms with Gasteiger partial charge in [0.15, 0.2) is 11.5 Å². The first-order chi connectivity index (χ1) is 16.8. The minimum Gasteiger partial charge on any atom is -0.309 e. The maximum absolute atomic E-state index is 14.3. The van der Waals surface area contributed by atoms with Gasteiger partial charge in [-0.15, -0.1) is 11.3 Å². The van der Waals surface area contributed by atoms with E-state index in [2.05, 4.69) is 10.1 Å². The van der Waals surface area contributed by atoms with E-state index in [9.17, 15) is 23.7 Å². The fourth-order valence-electron chi connectivity index (χ4n) is 3.65. The van der Waals surface area contributed by atoms with E-state index in [4.69, 9.17) is 0 Å². The van der Waals surface area contributed by atoms with Crippen molar-refractivity contribution in [3.8, 4) is 11.3 Å². The minimum atomic E-state index is -0.850. The summed E-state index contributed by atoms with van der Waals surface area (Å²) in [5.41, 5.74) is 2.34. The van der Waals surface area contributed by atoms with Gasteiger partial charge in [-0.25, -0.2) is 18.4 Å². The largest absolute Gasteiger partial charge is 0.309 e. The number of carbonyl (C=O) groups excluding carboxylic acids is 1. The molecule has 0 saturated carbocycles. The van der Waals surface area contributed by atoms with Gasteiger partial charge in [-0.2, -0.15) is 5.10 Å². The minimum absolute atomic E-state index is 0.0818. The molecule has 0 atom stereocenters. The average molecular weight is 491 g/mol. The van der Waals surface area contributed by atoms with Crippen molar-refractivity contribution < 1.29 is 18.5 Å². The number of nitro groups is 1. The Morgan fingerprint density at radius 3 is 2.49 bits per heavy atom. The highest BCUT2D eigenvalue weighted by Gasteiger charge is 2.31. The predicted molar refractivity (Wildman–Crippen MR) is 128 cm³/mol. The third-order valence-corrected chi connectivity index (χ3v) is 6.23. The van der Waals surface area contributed by atoms with E-state index >= 15 is 0 Å². The van der Waals surface area contributed by atoms with Gasteiger partial charge in [0, 0.05) is 41.8 Å². The molecule has 0 fully saturated rings. The van der Waals surface area contributed by atoms with Crippen LogP contribution in [0.25, 0.3) is 11.3 Å². The van der Waals surface area contributed by atoms with Crippen LogP contribution in [0.1, 0.15) is 5.56 Å². The van der Waals surface area contributed by atoms with Gasteiger partial charge in [0.2, 0.25) is 4.80 Å². The number of halogens is 2. The number of amides is 1. The Kier molecular flexibility index (Phi) is 5.53. The van der Waals surface area contributed by atoms with Crippen molar-refractivity contribution in [3.63, 3.8) is 0 Å². The molecule has 1 amide bonds. The number of nitro benzene ring substituents is 1. The number of hydrogen-bond donors (Lipinski definition) is 0. The van der Waals surface area contributed by atoms with E-state index < -0.39 is 16.6 Å². The molecule has 2 heterocycles. The number of non-ortho nitro benzene ring substituents is 1. The van der Waals surface area contributed by atoms with Gasteiger partial charge in [-0.1, -0.05) is 18.2 Å².